The number of aryl methyl sites for hydroxylation is 1. The average molecular weight is 402 g/mol. The van der Waals surface area contributed by atoms with Crippen LogP contribution in [0, 0.1) is 0 Å². The molecule has 0 saturated carbocycles. The van der Waals surface area contributed by atoms with Crippen LogP contribution in [0.1, 0.15) is 10.4 Å². The van der Waals surface area contributed by atoms with E-state index < -0.39 is 0 Å². The maximum atomic E-state index is 12.6. The molecule has 1 aliphatic heterocycles. The van der Waals surface area contributed by atoms with Crippen molar-refractivity contribution in [2.45, 2.75) is 0 Å². The molecule has 25 heavy (non-hydrogen) atoms. The molecule has 3 aromatic rings. The van der Waals surface area contributed by atoms with Crippen molar-refractivity contribution < 1.29 is 4.79 Å². The Labute approximate surface area is 152 Å². The molecule has 3 aromatic heterocycles. The quantitative estimate of drug-likeness (QED) is 0.646. The highest BCUT2D eigenvalue weighted by Gasteiger charge is 2.24. The Kier molecular flexibility index (Phi) is 4.08. The van der Waals surface area contributed by atoms with E-state index in [0.29, 0.717) is 31.7 Å². The third-order valence-electron chi connectivity index (χ3n) is 4.33. The van der Waals surface area contributed by atoms with Crippen LogP contribution in [0.4, 0.5) is 5.82 Å². The second kappa shape index (κ2) is 6.40. The lowest BCUT2D eigenvalue weighted by Crippen LogP contribution is -2.49. The van der Waals surface area contributed by atoms with E-state index >= 15 is 0 Å². The molecule has 0 unspecified atom stereocenters. The molecule has 0 N–H and O–H groups in total. The fourth-order valence-electron chi connectivity index (χ4n) is 3.03. The summed E-state index contributed by atoms with van der Waals surface area (Å²) in [5.41, 5.74) is 1.41. The Morgan fingerprint density at radius 1 is 1.12 bits per heavy atom. The minimum Gasteiger partial charge on any atom is -0.352 e. The zero-order chi connectivity index (χ0) is 17.4. The Hall–Kier alpha value is -2.55. The highest BCUT2D eigenvalue weighted by atomic mass is 79.9. The number of halogens is 1. The molecular formula is C16H16BrN7O. The largest absolute Gasteiger partial charge is 0.352 e. The summed E-state index contributed by atoms with van der Waals surface area (Å²) in [5, 5.41) is 5.19. The van der Waals surface area contributed by atoms with Gasteiger partial charge in [-0.1, -0.05) is 0 Å². The maximum Gasteiger partial charge on any atom is 0.255 e. The SMILES string of the molecule is Cn1ncc2c(N3CCN(C(=O)c4cncc(Br)c4)CC3)ncnc21. The summed E-state index contributed by atoms with van der Waals surface area (Å²) in [6, 6.07) is 1.80. The first-order valence-corrected chi connectivity index (χ1v) is 8.70. The van der Waals surface area contributed by atoms with Crippen molar-refractivity contribution in [3.63, 3.8) is 0 Å². The van der Waals surface area contributed by atoms with Crippen LogP contribution in [0.25, 0.3) is 11.0 Å². The first kappa shape index (κ1) is 15.9. The molecule has 0 spiro atoms. The lowest BCUT2D eigenvalue weighted by Gasteiger charge is -2.35. The molecule has 8 nitrogen and oxygen atoms in total. The number of pyridine rings is 1. The number of rotatable bonds is 2. The summed E-state index contributed by atoms with van der Waals surface area (Å²) in [6.07, 6.45) is 6.62. The lowest BCUT2D eigenvalue weighted by molar-refractivity contribution is 0.0746. The van der Waals surface area contributed by atoms with Crippen LogP contribution in [-0.2, 0) is 7.05 Å². The van der Waals surface area contributed by atoms with Gasteiger partial charge >= 0.3 is 0 Å². The van der Waals surface area contributed by atoms with E-state index in [-0.39, 0.29) is 5.91 Å². The molecule has 0 aliphatic carbocycles. The summed E-state index contributed by atoms with van der Waals surface area (Å²) in [4.78, 5) is 29.4. The van der Waals surface area contributed by atoms with Crippen LogP contribution in [0.5, 0.6) is 0 Å². The molecule has 0 aromatic carbocycles. The molecular weight excluding hydrogens is 386 g/mol. The van der Waals surface area contributed by atoms with Gasteiger partial charge in [0, 0.05) is 50.1 Å². The van der Waals surface area contributed by atoms with Gasteiger partial charge in [0.05, 0.1) is 17.1 Å². The standard InChI is InChI=1S/C16H16BrN7O/c1-22-14-13(9-21-22)15(20-10-19-14)23-2-4-24(5-3-23)16(25)11-6-12(17)8-18-7-11/h6-10H,2-5H2,1H3. The van der Waals surface area contributed by atoms with Gasteiger partial charge in [-0.25, -0.2) is 9.97 Å². The smallest absolute Gasteiger partial charge is 0.255 e. The van der Waals surface area contributed by atoms with Crippen molar-refractivity contribution in [2.24, 2.45) is 7.05 Å². The van der Waals surface area contributed by atoms with Gasteiger partial charge in [-0.05, 0) is 22.0 Å². The summed E-state index contributed by atoms with van der Waals surface area (Å²) in [5.74, 6) is 0.872. The molecule has 4 rings (SSSR count). The summed E-state index contributed by atoms with van der Waals surface area (Å²) < 4.78 is 2.54. The molecule has 0 radical (unpaired) electrons. The van der Waals surface area contributed by atoms with Crippen molar-refractivity contribution in [3.05, 3.63) is 41.0 Å². The first-order chi connectivity index (χ1) is 12.1. The fraction of sp³-hybridized carbons (Fsp3) is 0.312. The van der Waals surface area contributed by atoms with E-state index in [1.165, 1.54) is 0 Å². The second-order valence-electron chi connectivity index (χ2n) is 5.87. The van der Waals surface area contributed by atoms with E-state index in [9.17, 15) is 4.79 Å². The molecule has 128 valence electrons. The zero-order valence-electron chi connectivity index (χ0n) is 13.6. The third kappa shape index (κ3) is 2.95. The van der Waals surface area contributed by atoms with Crippen LogP contribution < -0.4 is 4.90 Å². The number of anilines is 1. The van der Waals surface area contributed by atoms with E-state index in [4.69, 9.17) is 0 Å². The molecule has 1 aliphatic rings. The number of piperazine rings is 1. The number of nitrogens with zero attached hydrogens (tertiary/aromatic N) is 7. The molecule has 1 saturated heterocycles. The Bertz CT molecular complexity index is 933. The predicted molar refractivity (Wildman–Crippen MR) is 96.4 cm³/mol. The van der Waals surface area contributed by atoms with Gasteiger partial charge in [-0.15, -0.1) is 0 Å². The Morgan fingerprint density at radius 2 is 1.92 bits per heavy atom. The van der Waals surface area contributed by atoms with Crippen LogP contribution in [-0.4, -0.2) is 61.7 Å². The molecule has 1 amide bonds. The van der Waals surface area contributed by atoms with Gasteiger partial charge in [0.2, 0.25) is 0 Å². The molecule has 0 bridgehead atoms. The summed E-state index contributed by atoms with van der Waals surface area (Å²) in [7, 11) is 1.86. The van der Waals surface area contributed by atoms with E-state index in [1.807, 2.05) is 11.9 Å². The van der Waals surface area contributed by atoms with Crippen LogP contribution >= 0.6 is 15.9 Å². The number of amides is 1. The Morgan fingerprint density at radius 3 is 2.68 bits per heavy atom. The summed E-state index contributed by atoms with van der Waals surface area (Å²) in [6.45, 7) is 2.70. The van der Waals surface area contributed by atoms with Gasteiger partial charge in [-0.2, -0.15) is 5.10 Å². The van der Waals surface area contributed by atoms with Crippen LogP contribution in [0.2, 0.25) is 0 Å². The third-order valence-corrected chi connectivity index (χ3v) is 4.76. The number of aromatic nitrogens is 5. The number of fused-ring (bicyclic) bond motifs is 1. The van der Waals surface area contributed by atoms with E-state index in [1.54, 1.807) is 35.7 Å². The Balaban J connectivity index is 1.50. The minimum atomic E-state index is 0.00247. The number of carbonyl (C=O) groups is 1. The topological polar surface area (TPSA) is 80.0 Å². The highest BCUT2D eigenvalue weighted by Crippen LogP contribution is 2.23. The van der Waals surface area contributed by atoms with E-state index in [2.05, 4.69) is 40.9 Å². The van der Waals surface area contributed by atoms with Crippen molar-refractivity contribution in [2.75, 3.05) is 31.1 Å². The average Bonchev–Trinajstić information content (AvgIpc) is 3.03. The normalized spacial score (nSPS) is 15.0. The van der Waals surface area contributed by atoms with E-state index in [0.717, 1.165) is 21.3 Å². The molecule has 1 fully saturated rings. The zero-order valence-corrected chi connectivity index (χ0v) is 15.2. The van der Waals surface area contributed by atoms with Gasteiger partial charge in [0.15, 0.2) is 5.65 Å². The minimum absolute atomic E-state index is 0.00247. The van der Waals surface area contributed by atoms with Crippen molar-refractivity contribution in [3.8, 4) is 0 Å². The van der Waals surface area contributed by atoms with Gasteiger partial charge in [0.25, 0.3) is 5.91 Å². The summed E-state index contributed by atoms with van der Waals surface area (Å²) >= 11 is 3.36. The van der Waals surface area contributed by atoms with Gasteiger partial charge in [-0.3, -0.25) is 14.5 Å². The maximum absolute atomic E-state index is 12.6. The second-order valence-corrected chi connectivity index (χ2v) is 6.79. The highest BCUT2D eigenvalue weighted by molar-refractivity contribution is 9.10. The van der Waals surface area contributed by atoms with Crippen LogP contribution in [0.3, 0.4) is 0 Å². The van der Waals surface area contributed by atoms with Gasteiger partial charge in [0.1, 0.15) is 12.1 Å². The number of carbonyl (C=O) groups excluding carboxylic acids is 1. The van der Waals surface area contributed by atoms with Crippen molar-refractivity contribution >= 4 is 38.7 Å². The number of hydrogen-bond donors (Lipinski definition) is 0. The van der Waals surface area contributed by atoms with Crippen molar-refractivity contribution in [1.29, 1.82) is 0 Å². The van der Waals surface area contributed by atoms with Crippen molar-refractivity contribution in [1.82, 2.24) is 29.6 Å². The fourth-order valence-corrected chi connectivity index (χ4v) is 3.40. The lowest BCUT2D eigenvalue weighted by atomic mass is 10.2. The predicted octanol–water partition coefficient (Wildman–Crippen LogP) is 1.48. The van der Waals surface area contributed by atoms with Crippen LogP contribution in [0.15, 0.2) is 35.5 Å². The monoisotopic (exact) mass is 401 g/mol. The molecule has 0 atom stereocenters. The van der Waals surface area contributed by atoms with Gasteiger partial charge < -0.3 is 9.80 Å². The number of hydrogen-bond acceptors (Lipinski definition) is 6. The molecule has 4 heterocycles. The molecule has 9 heteroatoms. The first-order valence-electron chi connectivity index (χ1n) is 7.91.